The van der Waals surface area contributed by atoms with Crippen molar-refractivity contribution in [3.05, 3.63) is 40.3 Å². The maximum Gasteiger partial charge on any atom is 0.155 e. The zero-order valence-electron chi connectivity index (χ0n) is 11.2. The lowest BCUT2D eigenvalue weighted by molar-refractivity contribution is 0.539. The van der Waals surface area contributed by atoms with E-state index in [-0.39, 0.29) is 5.41 Å². The van der Waals surface area contributed by atoms with Gasteiger partial charge in [0, 0.05) is 17.2 Å². The summed E-state index contributed by atoms with van der Waals surface area (Å²) in [6.45, 7) is 7.14. The van der Waals surface area contributed by atoms with Crippen LogP contribution in [0.1, 0.15) is 37.7 Å². The molecule has 0 aliphatic carbocycles. The number of hydrogen-bond donors (Lipinski definition) is 0. The summed E-state index contributed by atoms with van der Waals surface area (Å²) in [4.78, 5) is 8.64. The molecular weight excluding hydrogens is 260 g/mol. The molecule has 0 atom stereocenters. The molecule has 0 bridgehead atoms. The molecule has 0 saturated heterocycles. The molecule has 5 heteroatoms. The van der Waals surface area contributed by atoms with Crippen LogP contribution in [0.25, 0.3) is 5.82 Å². The Kier molecular flexibility index (Phi) is 2.71. The Hall–Kier alpha value is -1.68. The summed E-state index contributed by atoms with van der Waals surface area (Å²) in [6, 6.07) is 5.57. The van der Waals surface area contributed by atoms with E-state index in [2.05, 4.69) is 35.8 Å². The Balaban J connectivity index is 2.25. The first-order chi connectivity index (χ1) is 8.97. The summed E-state index contributed by atoms with van der Waals surface area (Å²) >= 11 is 5.98. The molecule has 2 aromatic heterocycles. The molecule has 0 saturated carbocycles. The van der Waals surface area contributed by atoms with Gasteiger partial charge in [-0.05, 0) is 12.1 Å². The zero-order chi connectivity index (χ0) is 13.6. The summed E-state index contributed by atoms with van der Waals surface area (Å²) in [7, 11) is 0. The highest BCUT2D eigenvalue weighted by Crippen LogP contribution is 2.31. The molecule has 0 spiro atoms. The predicted molar refractivity (Wildman–Crippen MR) is 76.4 cm³/mol. The fraction of sp³-hybridized carbons (Fsp3) is 0.357. The Bertz CT molecular complexity index is 665. The molecule has 1 aliphatic heterocycles. The third-order valence-corrected chi connectivity index (χ3v) is 3.30. The predicted octanol–water partition coefficient (Wildman–Crippen LogP) is 3.15. The van der Waals surface area contributed by atoms with Crippen molar-refractivity contribution >= 4 is 17.8 Å². The molecule has 4 nitrogen and oxygen atoms in total. The Morgan fingerprint density at radius 3 is 2.74 bits per heavy atom. The number of rotatable bonds is 1. The minimum absolute atomic E-state index is 0.0407. The minimum Gasteiger partial charge on any atom is -0.286 e. The smallest absolute Gasteiger partial charge is 0.155 e. The molecule has 0 fully saturated rings. The SMILES string of the molecule is CC(C)(C)c1c2c(nn1-c1cccc(Cl)n1)CN=C2. The molecular formula is C14H15ClN4. The molecule has 0 radical (unpaired) electrons. The van der Waals surface area contributed by atoms with Gasteiger partial charge in [0.15, 0.2) is 5.82 Å². The van der Waals surface area contributed by atoms with Gasteiger partial charge in [-0.2, -0.15) is 5.10 Å². The van der Waals surface area contributed by atoms with Crippen molar-refractivity contribution in [2.24, 2.45) is 4.99 Å². The third-order valence-electron chi connectivity index (χ3n) is 3.09. The molecule has 3 rings (SSSR count). The van der Waals surface area contributed by atoms with Crippen LogP contribution in [0.5, 0.6) is 0 Å². The van der Waals surface area contributed by atoms with Gasteiger partial charge in [-0.15, -0.1) is 0 Å². The molecule has 98 valence electrons. The highest BCUT2D eigenvalue weighted by Gasteiger charge is 2.29. The normalized spacial score (nSPS) is 13.9. The van der Waals surface area contributed by atoms with Gasteiger partial charge in [-0.3, -0.25) is 4.99 Å². The molecule has 1 aliphatic rings. The van der Waals surface area contributed by atoms with Crippen molar-refractivity contribution in [1.29, 1.82) is 0 Å². The van der Waals surface area contributed by atoms with E-state index in [1.165, 1.54) is 0 Å². The first-order valence-electron chi connectivity index (χ1n) is 6.22. The van der Waals surface area contributed by atoms with Crippen molar-refractivity contribution in [3.63, 3.8) is 0 Å². The Morgan fingerprint density at radius 1 is 1.26 bits per heavy atom. The van der Waals surface area contributed by atoms with E-state index < -0.39 is 0 Å². The Morgan fingerprint density at radius 2 is 2.05 bits per heavy atom. The number of hydrogen-bond acceptors (Lipinski definition) is 3. The van der Waals surface area contributed by atoms with Crippen molar-refractivity contribution in [2.45, 2.75) is 32.7 Å². The lowest BCUT2D eigenvalue weighted by atomic mass is 9.89. The number of nitrogens with zero attached hydrogens (tertiary/aromatic N) is 4. The van der Waals surface area contributed by atoms with Gasteiger partial charge in [0.25, 0.3) is 0 Å². The maximum absolute atomic E-state index is 5.98. The van der Waals surface area contributed by atoms with Crippen LogP contribution < -0.4 is 0 Å². The summed E-state index contributed by atoms with van der Waals surface area (Å²) < 4.78 is 1.89. The van der Waals surface area contributed by atoms with Crippen LogP contribution in [0.3, 0.4) is 0 Å². The average molecular weight is 275 g/mol. The lowest BCUT2D eigenvalue weighted by Gasteiger charge is -2.21. The quantitative estimate of drug-likeness (QED) is 0.750. The van der Waals surface area contributed by atoms with Crippen LogP contribution in [0.2, 0.25) is 5.15 Å². The highest BCUT2D eigenvalue weighted by molar-refractivity contribution is 6.29. The number of fused-ring (bicyclic) bond motifs is 1. The highest BCUT2D eigenvalue weighted by atomic mass is 35.5. The molecule has 0 N–H and O–H groups in total. The van der Waals surface area contributed by atoms with Crippen LogP contribution in [0.4, 0.5) is 0 Å². The largest absolute Gasteiger partial charge is 0.286 e. The van der Waals surface area contributed by atoms with Crippen LogP contribution in [0.15, 0.2) is 23.2 Å². The molecule has 3 heterocycles. The van der Waals surface area contributed by atoms with E-state index in [9.17, 15) is 0 Å². The summed E-state index contributed by atoms with van der Waals surface area (Å²) in [5.41, 5.74) is 3.21. The number of pyridine rings is 1. The molecule has 2 aromatic rings. The number of aliphatic imine (C=N–C) groups is 1. The van der Waals surface area contributed by atoms with Crippen molar-refractivity contribution < 1.29 is 0 Å². The van der Waals surface area contributed by atoms with Crippen LogP contribution >= 0.6 is 11.6 Å². The van der Waals surface area contributed by atoms with Crippen LogP contribution in [0, 0.1) is 0 Å². The standard InChI is InChI=1S/C14H15ClN4/c1-14(2,3)13-9-7-16-8-10(9)18-19(13)12-6-4-5-11(15)17-12/h4-7H,8H2,1-3H3. The van der Waals surface area contributed by atoms with Crippen LogP contribution in [-0.4, -0.2) is 21.0 Å². The number of halogens is 1. The second-order valence-corrected chi connectivity index (χ2v) is 6.05. The van der Waals surface area contributed by atoms with Crippen molar-refractivity contribution in [3.8, 4) is 5.82 Å². The van der Waals surface area contributed by atoms with Crippen molar-refractivity contribution in [1.82, 2.24) is 14.8 Å². The monoisotopic (exact) mass is 274 g/mol. The molecule has 0 aromatic carbocycles. The summed E-state index contributed by atoms with van der Waals surface area (Å²) in [5.74, 6) is 0.750. The average Bonchev–Trinajstić information content (AvgIpc) is 2.85. The van der Waals surface area contributed by atoms with E-state index in [0.29, 0.717) is 11.7 Å². The van der Waals surface area contributed by atoms with Gasteiger partial charge in [-0.25, -0.2) is 9.67 Å². The fourth-order valence-electron chi connectivity index (χ4n) is 2.35. The van der Waals surface area contributed by atoms with E-state index >= 15 is 0 Å². The minimum atomic E-state index is -0.0407. The van der Waals surface area contributed by atoms with Crippen LogP contribution in [-0.2, 0) is 12.0 Å². The zero-order valence-corrected chi connectivity index (χ0v) is 11.9. The van der Waals surface area contributed by atoms with Gasteiger partial charge in [0.05, 0.1) is 17.9 Å². The van der Waals surface area contributed by atoms with Gasteiger partial charge in [0.1, 0.15) is 5.15 Å². The topological polar surface area (TPSA) is 43.1 Å². The second-order valence-electron chi connectivity index (χ2n) is 5.66. The van der Waals surface area contributed by atoms with E-state index in [4.69, 9.17) is 11.6 Å². The third kappa shape index (κ3) is 2.06. The molecule has 19 heavy (non-hydrogen) atoms. The van der Waals surface area contributed by atoms with E-state index in [0.717, 1.165) is 22.8 Å². The van der Waals surface area contributed by atoms with E-state index in [1.54, 1.807) is 6.07 Å². The van der Waals surface area contributed by atoms with Gasteiger partial charge < -0.3 is 0 Å². The van der Waals surface area contributed by atoms with Crippen molar-refractivity contribution in [2.75, 3.05) is 0 Å². The fourth-order valence-corrected chi connectivity index (χ4v) is 2.51. The van der Waals surface area contributed by atoms with Gasteiger partial charge in [-0.1, -0.05) is 38.4 Å². The Labute approximate surface area is 117 Å². The summed E-state index contributed by atoms with van der Waals surface area (Å²) in [6.07, 6.45) is 1.91. The molecule has 0 unspecified atom stereocenters. The van der Waals surface area contributed by atoms with E-state index in [1.807, 2.05) is 23.0 Å². The molecule has 0 amide bonds. The second kappa shape index (κ2) is 4.17. The lowest BCUT2D eigenvalue weighted by Crippen LogP contribution is -2.20. The first-order valence-corrected chi connectivity index (χ1v) is 6.60. The maximum atomic E-state index is 5.98. The van der Waals surface area contributed by atoms with Gasteiger partial charge >= 0.3 is 0 Å². The first kappa shape index (κ1) is 12.4. The van der Waals surface area contributed by atoms with Gasteiger partial charge in [0.2, 0.25) is 0 Å². The summed E-state index contributed by atoms with van der Waals surface area (Å²) in [5, 5.41) is 5.11. The number of aromatic nitrogens is 3.